The lowest BCUT2D eigenvalue weighted by Crippen LogP contribution is -2.46. The third-order valence-electron chi connectivity index (χ3n) is 5.01. The van der Waals surface area contributed by atoms with E-state index in [0.717, 1.165) is 0 Å². The van der Waals surface area contributed by atoms with Gasteiger partial charge in [0.1, 0.15) is 0 Å². The molecule has 0 bridgehead atoms. The second kappa shape index (κ2) is 24.1. The van der Waals surface area contributed by atoms with Gasteiger partial charge in [0.2, 0.25) is 0 Å². The molecule has 0 aliphatic carbocycles. The van der Waals surface area contributed by atoms with Crippen LogP contribution in [0.15, 0.2) is 0 Å². The van der Waals surface area contributed by atoms with Crippen molar-refractivity contribution in [2.45, 2.75) is 12.8 Å². The molecule has 0 aliphatic heterocycles. The van der Waals surface area contributed by atoms with Gasteiger partial charge in [-0.1, -0.05) is 0 Å². The average molecular weight is 543 g/mol. The van der Waals surface area contributed by atoms with E-state index in [0.29, 0.717) is 6.42 Å². The van der Waals surface area contributed by atoms with Gasteiger partial charge in [0, 0.05) is 13.0 Å². The van der Waals surface area contributed by atoms with E-state index >= 15 is 0 Å². The van der Waals surface area contributed by atoms with Gasteiger partial charge in [-0.25, -0.2) is 0 Å². The Bertz CT molecular complexity index is 501. The van der Waals surface area contributed by atoms with E-state index in [-0.39, 0.29) is 125 Å². The van der Waals surface area contributed by atoms with E-state index in [1.54, 1.807) is 0 Å². The number of aliphatic hydroxyl groups is 4. The highest BCUT2D eigenvalue weighted by Gasteiger charge is 2.36. The van der Waals surface area contributed by atoms with Crippen molar-refractivity contribution in [2.24, 2.45) is 10.8 Å². The molecule has 0 unspecified atom stereocenters. The minimum absolute atomic E-state index is 0.0309. The SMILES string of the molecule is [CH]COCC(COCCO)(COCCO)COCC(COCCO)(COCCO)COCCCC(=O)O. The van der Waals surface area contributed by atoms with E-state index in [1.165, 1.54) is 0 Å². The zero-order valence-corrected chi connectivity index (χ0v) is 21.7. The van der Waals surface area contributed by atoms with Crippen LogP contribution in [-0.2, 0) is 38.0 Å². The zero-order valence-electron chi connectivity index (χ0n) is 21.7. The highest BCUT2D eigenvalue weighted by Crippen LogP contribution is 2.25. The first-order valence-electron chi connectivity index (χ1n) is 12.3. The molecule has 0 rings (SSSR count). The molecule has 0 saturated carbocycles. The van der Waals surface area contributed by atoms with Crippen molar-refractivity contribution in [1.29, 1.82) is 0 Å². The fourth-order valence-electron chi connectivity index (χ4n) is 3.29. The molecule has 0 amide bonds. The molecule has 2 radical (unpaired) electrons. The van der Waals surface area contributed by atoms with E-state index in [2.05, 4.69) is 0 Å². The van der Waals surface area contributed by atoms with Gasteiger partial charge in [-0.15, -0.1) is 0 Å². The summed E-state index contributed by atoms with van der Waals surface area (Å²) in [4.78, 5) is 10.8. The van der Waals surface area contributed by atoms with Gasteiger partial charge in [0.25, 0.3) is 0 Å². The molecule has 13 heteroatoms. The lowest BCUT2D eigenvalue weighted by Gasteiger charge is -2.36. The van der Waals surface area contributed by atoms with E-state index in [9.17, 15) is 4.79 Å². The van der Waals surface area contributed by atoms with Crippen LogP contribution in [0.5, 0.6) is 0 Å². The van der Waals surface area contributed by atoms with Crippen molar-refractivity contribution < 1.29 is 63.5 Å². The maximum Gasteiger partial charge on any atom is 0.303 e. The lowest BCUT2D eigenvalue weighted by atomic mass is 9.90. The third-order valence-corrected chi connectivity index (χ3v) is 5.01. The van der Waals surface area contributed by atoms with Crippen LogP contribution >= 0.6 is 0 Å². The zero-order chi connectivity index (χ0) is 27.7. The van der Waals surface area contributed by atoms with Crippen LogP contribution in [0.1, 0.15) is 12.8 Å². The maximum absolute atomic E-state index is 10.8. The van der Waals surface area contributed by atoms with Crippen LogP contribution in [0, 0.1) is 17.8 Å². The number of carboxylic acids is 1. The minimum atomic E-state index is -0.918. The molecule has 220 valence electrons. The molecule has 37 heavy (non-hydrogen) atoms. The van der Waals surface area contributed by atoms with Crippen molar-refractivity contribution >= 4 is 5.97 Å². The Labute approximate surface area is 219 Å². The number of aliphatic hydroxyl groups excluding tert-OH is 4. The molecular weight excluding hydrogens is 496 g/mol. The predicted octanol–water partition coefficient (Wildman–Crippen LogP) is -1.38. The second-order valence-corrected chi connectivity index (χ2v) is 8.66. The molecule has 0 heterocycles. The normalized spacial score (nSPS) is 12.4. The number of carbonyl (C=O) groups is 1. The van der Waals surface area contributed by atoms with Gasteiger partial charge in [0.05, 0.1) is 123 Å². The summed E-state index contributed by atoms with van der Waals surface area (Å²) in [6.07, 6.45) is 0.294. The quantitative estimate of drug-likeness (QED) is 0.0698. The van der Waals surface area contributed by atoms with Gasteiger partial charge in [-0.05, 0) is 13.3 Å². The largest absolute Gasteiger partial charge is 0.481 e. The summed E-state index contributed by atoms with van der Waals surface area (Å²) >= 11 is 0. The Hall–Kier alpha value is -0.970. The summed E-state index contributed by atoms with van der Waals surface area (Å²) in [6.45, 7) is 6.20. The maximum atomic E-state index is 10.8. The summed E-state index contributed by atoms with van der Waals surface area (Å²) in [6, 6.07) is 0. The summed E-state index contributed by atoms with van der Waals surface area (Å²) in [7, 11) is 0. The van der Waals surface area contributed by atoms with Gasteiger partial charge in [-0.3, -0.25) is 4.79 Å². The minimum Gasteiger partial charge on any atom is -0.481 e. The molecule has 0 atom stereocenters. The molecule has 0 aromatic heterocycles. The Morgan fingerprint density at radius 2 is 0.865 bits per heavy atom. The lowest BCUT2D eigenvalue weighted by molar-refractivity contribution is -0.145. The molecular formula is C24H46O13. The molecule has 0 aliphatic rings. The van der Waals surface area contributed by atoms with Crippen LogP contribution in [-0.4, -0.2) is 150 Å². The predicted molar refractivity (Wildman–Crippen MR) is 130 cm³/mol. The van der Waals surface area contributed by atoms with Crippen LogP contribution in [0.25, 0.3) is 0 Å². The van der Waals surface area contributed by atoms with Crippen molar-refractivity contribution in [3.05, 3.63) is 6.92 Å². The van der Waals surface area contributed by atoms with E-state index in [1.807, 2.05) is 0 Å². The highest BCUT2D eigenvalue weighted by atomic mass is 16.5. The van der Waals surface area contributed by atoms with Gasteiger partial charge >= 0.3 is 5.97 Å². The van der Waals surface area contributed by atoms with E-state index in [4.69, 9.17) is 65.6 Å². The number of ether oxygens (including phenoxy) is 7. The fourth-order valence-corrected chi connectivity index (χ4v) is 3.29. The number of hydrogen-bond donors (Lipinski definition) is 5. The van der Waals surface area contributed by atoms with Gasteiger partial charge in [-0.2, -0.15) is 0 Å². The summed E-state index contributed by atoms with van der Waals surface area (Å²) < 4.78 is 39.6. The van der Waals surface area contributed by atoms with E-state index < -0.39 is 16.8 Å². The van der Waals surface area contributed by atoms with Crippen LogP contribution in [0.3, 0.4) is 0 Å². The molecule has 0 aromatic carbocycles. The molecule has 5 N–H and O–H groups in total. The van der Waals surface area contributed by atoms with Crippen molar-refractivity contribution in [2.75, 3.05) is 119 Å². The van der Waals surface area contributed by atoms with Crippen LogP contribution < -0.4 is 0 Å². The number of aliphatic carboxylic acids is 1. The van der Waals surface area contributed by atoms with Crippen molar-refractivity contribution in [3.63, 3.8) is 0 Å². The van der Waals surface area contributed by atoms with Crippen molar-refractivity contribution in [3.8, 4) is 0 Å². The second-order valence-electron chi connectivity index (χ2n) is 8.66. The van der Waals surface area contributed by atoms with Crippen molar-refractivity contribution in [1.82, 2.24) is 0 Å². The van der Waals surface area contributed by atoms with Crippen LogP contribution in [0.2, 0.25) is 0 Å². The standard InChI is InChI=1S/C24H46O13/c1-2-31-14-23(16-33-10-5-25,17-34-11-6-26)20-37-21-24(18-35-12-7-27,19-36-13-8-28)15-32-9-3-4-22(29)30/h1,25-28H,2-21H2,(H,29,30). The Balaban J connectivity index is 5.50. The summed E-state index contributed by atoms with van der Waals surface area (Å²) in [5.41, 5.74) is -1.65. The Morgan fingerprint density at radius 3 is 1.19 bits per heavy atom. The molecule has 0 aromatic rings. The van der Waals surface area contributed by atoms with Gasteiger partial charge in [0.15, 0.2) is 0 Å². The Kier molecular flexibility index (Phi) is 23.5. The van der Waals surface area contributed by atoms with Gasteiger partial charge < -0.3 is 58.7 Å². The molecule has 0 spiro atoms. The number of hydrogen-bond acceptors (Lipinski definition) is 12. The summed E-state index contributed by atoms with van der Waals surface area (Å²) in [5, 5.41) is 45.4. The smallest absolute Gasteiger partial charge is 0.303 e. The topological polar surface area (TPSA) is 183 Å². The number of rotatable bonds is 29. The average Bonchev–Trinajstić information content (AvgIpc) is 2.87. The monoisotopic (exact) mass is 542 g/mol. The van der Waals surface area contributed by atoms with Crippen LogP contribution in [0.4, 0.5) is 0 Å². The Morgan fingerprint density at radius 1 is 0.541 bits per heavy atom. The first-order valence-corrected chi connectivity index (χ1v) is 12.3. The fraction of sp³-hybridized carbons (Fsp3) is 0.917. The number of carboxylic acid groups (broad SMARTS) is 1. The first-order chi connectivity index (χ1) is 17.9. The third kappa shape index (κ3) is 18.8. The molecule has 0 fully saturated rings. The molecule has 13 nitrogen and oxygen atoms in total. The molecule has 0 saturated heterocycles. The highest BCUT2D eigenvalue weighted by molar-refractivity contribution is 5.66. The summed E-state index contributed by atoms with van der Waals surface area (Å²) in [5.74, 6) is -0.918. The first kappa shape index (κ1) is 36.0.